The highest BCUT2D eigenvalue weighted by molar-refractivity contribution is 5.83. The standard InChI is InChI=1S/C20H26N2O/c1-22(2)15-8-16-23-20-12-7-6-11-19(20)17-21-14-13-18-9-4-3-5-10-18/h3-7,9-12,17H,8,13-16H2,1-2H3. The zero-order valence-corrected chi connectivity index (χ0v) is 14.1. The number of hydrogen-bond donors (Lipinski definition) is 0. The van der Waals surface area contributed by atoms with Crippen molar-refractivity contribution < 1.29 is 4.74 Å². The molecule has 2 rings (SSSR count). The predicted octanol–water partition coefficient (Wildman–Crippen LogP) is 3.68. The van der Waals surface area contributed by atoms with Crippen LogP contribution < -0.4 is 4.74 Å². The summed E-state index contributed by atoms with van der Waals surface area (Å²) in [6.45, 7) is 2.55. The summed E-state index contributed by atoms with van der Waals surface area (Å²) in [4.78, 5) is 6.71. The topological polar surface area (TPSA) is 24.8 Å². The van der Waals surface area contributed by atoms with Gasteiger partial charge in [-0.25, -0.2) is 0 Å². The molecule has 0 spiro atoms. The largest absolute Gasteiger partial charge is 0.493 e. The Morgan fingerprint density at radius 2 is 1.74 bits per heavy atom. The van der Waals surface area contributed by atoms with Gasteiger partial charge < -0.3 is 9.64 Å². The molecule has 0 aliphatic carbocycles. The Balaban J connectivity index is 1.83. The number of benzene rings is 2. The molecule has 0 unspecified atom stereocenters. The minimum absolute atomic E-state index is 0.729. The number of para-hydroxylation sites is 1. The van der Waals surface area contributed by atoms with Crippen LogP contribution in [0.15, 0.2) is 59.6 Å². The van der Waals surface area contributed by atoms with Gasteiger partial charge in [-0.3, -0.25) is 4.99 Å². The maximum Gasteiger partial charge on any atom is 0.128 e. The van der Waals surface area contributed by atoms with Gasteiger partial charge in [-0.2, -0.15) is 0 Å². The van der Waals surface area contributed by atoms with E-state index >= 15 is 0 Å². The maximum atomic E-state index is 5.88. The van der Waals surface area contributed by atoms with Crippen LogP contribution in [-0.4, -0.2) is 44.9 Å². The molecule has 0 bridgehead atoms. The average Bonchev–Trinajstić information content (AvgIpc) is 2.57. The molecule has 0 heterocycles. The summed E-state index contributed by atoms with van der Waals surface area (Å²) in [6.07, 6.45) is 3.90. The molecule has 0 saturated heterocycles. The Bertz CT molecular complexity index is 594. The summed E-state index contributed by atoms with van der Waals surface area (Å²) in [5.74, 6) is 0.912. The summed E-state index contributed by atoms with van der Waals surface area (Å²) in [5, 5.41) is 0. The third kappa shape index (κ3) is 6.66. The van der Waals surface area contributed by atoms with Crippen molar-refractivity contribution in [3.05, 3.63) is 65.7 Å². The minimum atomic E-state index is 0.729. The van der Waals surface area contributed by atoms with Gasteiger partial charge in [-0.15, -0.1) is 0 Å². The van der Waals surface area contributed by atoms with Crippen LogP contribution in [0.3, 0.4) is 0 Å². The number of rotatable bonds is 9. The van der Waals surface area contributed by atoms with Crippen molar-refractivity contribution in [3.8, 4) is 5.75 Å². The molecule has 0 radical (unpaired) electrons. The summed E-state index contributed by atoms with van der Waals surface area (Å²) < 4.78 is 5.88. The molecule has 0 amide bonds. The van der Waals surface area contributed by atoms with Crippen LogP contribution in [0.5, 0.6) is 5.75 Å². The van der Waals surface area contributed by atoms with Gasteiger partial charge in [0.15, 0.2) is 0 Å². The van der Waals surface area contributed by atoms with E-state index in [9.17, 15) is 0 Å². The minimum Gasteiger partial charge on any atom is -0.493 e. The van der Waals surface area contributed by atoms with Crippen molar-refractivity contribution in [2.75, 3.05) is 33.8 Å². The monoisotopic (exact) mass is 310 g/mol. The summed E-state index contributed by atoms with van der Waals surface area (Å²) >= 11 is 0. The highest BCUT2D eigenvalue weighted by atomic mass is 16.5. The lowest BCUT2D eigenvalue weighted by atomic mass is 10.1. The average molecular weight is 310 g/mol. The first-order valence-corrected chi connectivity index (χ1v) is 8.16. The van der Waals surface area contributed by atoms with Gasteiger partial charge in [-0.1, -0.05) is 42.5 Å². The van der Waals surface area contributed by atoms with E-state index in [1.807, 2.05) is 36.5 Å². The van der Waals surface area contributed by atoms with Crippen LogP contribution in [0.25, 0.3) is 0 Å². The van der Waals surface area contributed by atoms with Gasteiger partial charge in [0.05, 0.1) is 6.61 Å². The maximum absolute atomic E-state index is 5.88. The van der Waals surface area contributed by atoms with Crippen molar-refractivity contribution in [1.29, 1.82) is 0 Å². The van der Waals surface area contributed by atoms with Gasteiger partial charge in [0.2, 0.25) is 0 Å². The van der Waals surface area contributed by atoms with Gasteiger partial charge in [0.25, 0.3) is 0 Å². The second kappa shape index (κ2) is 9.80. The SMILES string of the molecule is CN(C)CCCOc1ccccc1C=NCCc1ccccc1. The smallest absolute Gasteiger partial charge is 0.128 e. The normalized spacial score (nSPS) is 11.3. The van der Waals surface area contributed by atoms with Crippen LogP contribution >= 0.6 is 0 Å². The molecule has 3 nitrogen and oxygen atoms in total. The second-order valence-corrected chi connectivity index (χ2v) is 5.81. The third-order valence-electron chi connectivity index (χ3n) is 3.53. The van der Waals surface area contributed by atoms with E-state index < -0.39 is 0 Å². The number of aliphatic imine (C=N–C) groups is 1. The summed E-state index contributed by atoms with van der Waals surface area (Å²) in [5.41, 5.74) is 2.36. The van der Waals surface area contributed by atoms with Gasteiger partial charge >= 0.3 is 0 Å². The fourth-order valence-electron chi connectivity index (χ4n) is 2.28. The van der Waals surface area contributed by atoms with E-state index in [1.54, 1.807) is 0 Å². The Kier molecular flexibility index (Phi) is 7.34. The van der Waals surface area contributed by atoms with Crippen molar-refractivity contribution in [1.82, 2.24) is 4.90 Å². The van der Waals surface area contributed by atoms with E-state index in [0.717, 1.165) is 43.9 Å². The lowest BCUT2D eigenvalue weighted by molar-refractivity contribution is 0.281. The molecule has 2 aromatic rings. The van der Waals surface area contributed by atoms with Crippen LogP contribution in [0.4, 0.5) is 0 Å². The Morgan fingerprint density at radius 3 is 2.52 bits per heavy atom. The predicted molar refractivity (Wildman–Crippen MR) is 97.7 cm³/mol. The van der Waals surface area contributed by atoms with Crippen LogP contribution in [0, 0.1) is 0 Å². The van der Waals surface area contributed by atoms with E-state index in [4.69, 9.17) is 4.74 Å². The number of hydrogen-bond acceptors (Lipinski definition) is 3. The molecular formula is C20H26N2O. The van der Waals surface area contributed by atoms with Crippen molar-refractivity contribution in [2.45, 2.75) is 12.8 Å². The fourth-order valence-corrected chi connectivity index (χ4v) is 2.28. The lowest BCUT2D eigenvalue weighted by Crippen LogP contribution is -2.15. The number of ether oxygens (including phenoxy) is 1. The molecule has 122 valence electrons. The Hall–Kier alpha value is -2.13. The van der Waals surface area contributed by atoms with Crippen molar-refractivity contribution in [3.63, 3.8) is 0 Å². The van der Waals surface area contributed by atoms with Gasteiger partial charge in [-0.05, 0) is 44.6 Å². The first-order chi connectivity index (χ1) is 11.3. The molecule has 0 saturated carbocycles. The van der Waals surface area contributed by atoms with Crippen LogP contribution in [0.1, 0.15) is 17.5 Å². The number of nitrogens with zero attached hydrogens (tertiary/aromatic N) is 2. The Morgan fingerprint density at radius 1 is 1.00 bits per heavy atom. The highest BCUT2D eigenvalue weighted by Gasteiger charge is 2.00. The molecule has 0 atom stereocenters. The van der Waals surface area contributed by atoms with E-state index in [-0.39, 0.29) is 0 Å². The van der Waals surface area contributed by atoms with E-state index in [1.165, 1.54) is 5.56 Å². The van der Waals surface area contributed by atoms with E-state index in [2.05, 4.69) is 48.3 Å². The molecule has 0 N–H and O–H groups in total. The molecule has 2 aromatic carbocycles. The zero-order chi connectivity index (χ0) is 16.3. The van der Waals surface area contributed by atoms with Gasteiger partial charge in [0, 0.05) is 24.9 Å². The molecule has 0 aliphatic rings. The first-order valence-electron chi connectivity index (χ1n) is 8.16. The van der Waals surface area contributed by atoms with Crippen LogP contribution in [0.2, 0.25) is 0 Å². The molecule has 0 fully saturated rings. The fraction of sp³-hybridized carbons (Fsp3) is 0.350. The molecular weight excluding hydrogens is 284 g/mol. The van der Waals surface area contributed by atoms with E-state index in [0.29, 0.717) is 0 Å². The summed E-state index contributed by atoms with van der Waals surface area (Å²) in [7, 11) is 4.15. The molecule has 23 heavy (non-hydrogen) atoms. The first kappa shape index (κ1) is 17.2. The Labute approximate surface area is 139 Å². The summed E-state index contributed by atoms with van der Waals surface area (Å²) in [6, 6.07) is 18.5. The van der Waals surface area contributed by atoms with Crippen molar-refractivity contribution in [2.24, 2.45) is 4.99 Å². The highest BCUT2D eigenvalue weighted by Crippen LogP contribution is 2.16. The van der Waals surface area contributed by atoms with Crippen LogP contribution in [-0.2, 0) is 6.42 Å². The lowest BCUT2D eigenvalue weighted by Gasteiger charge is -2.11. The van der Waals surface area contributed by atoms with Crippen molar-refractivity contribution >= 4 is 6.21 Å². The quantitative estimate of drug-likeness (QED) is 0.521. The third-order valence-corrected chi connectivity index (χ3v) is 3.53. The molecule has 0 aliphatic heterocycles. The zero-order valence-electron chi connectivity index (χ0n) is 14.1. The van der Waals surface area contributed by atoms with Gasteiger partial charge in [0.1, 0.15) is 5.75 Å². The second-order valence-electron chi connectivity index (χ2n) is 5.81. The molecule has 0 aromatic heterocycles. The molecule has 3 heteroatoms.